The first-order valence-corrected chi connectivity index (χ1v) is 22.0. The summed E-state index contributed by atoms with van der Waals surface area (Å²) in [4.78, 5) is 10.8. The Hall–Kier alpha value is -7.72. The Kier molecular flexibility index (Phi) is 8.62. The predicted molar refractivity (Wildman–Crippen MR) is 259 cm³/mol. The maximum Gasteiger partial charge on any atom is 0.160 e. The molecule has 0 atom stereocenters. The van der Waals surface area contributed by atoms with Crippen LogP contribution >= 0.6 is 11.3 Å². The second kappa shape index (κ2) is 14.8. The minimum atomic E-state index is -0.523. The van der Waals surface area contributed by atoms with Crippen LogP contribution < -0.4 is 0 Å². The molecule has 0 saturated carbocycles. The van der Waals surface area contributed by atoms with Crippen molar-refractivity contribution < 1.29 is 0 Å². The minimum absolute atomic E-state index is 0.523. The highest BCUT2D eigenvalue weighted by Gasteiger charge is 2.46. The van der Waals surface area contributed by atoms with Gasteiger partial charge in [0.1, 0.15) is 0 Å². The molecule has 0 N–H and O–H groups in total. The molecule has 290 valence electrons. The zero-order chi connectivity index (χ0) is 41.0. The van der Waals surface area contributed by atoms with Crippen molar-refractivity contribution in [2.24, 2.45) is 0 Å². The van der Waals surface area contributed by atoms with E-state index in [0.717, 1.165) is 44.8 Å². The van der Waals surface area contributed by atoms with Crippen molar-refractivity contribution in [1.82, 2.24) is 9.97 Å². The first-order valence-electron chi connectivity index (χ1n) is 21.1. The lowest BCUT2D eigenvalue weighted by molar-refractivity contribution is 0.768. The van der Waals surface area contributed by atoms with Gasteiger partial charge in [-0.1, -0.05) is 206 Å². The topological polar surface area (TPSA) is 25.8 Å². The number of thiophene rings is 1. The van der Waals surface area contributed by atoms with Gasteiger partial charge in [0.2, 0.25) is 0 Å². The molecule has 1 aliphatic carbocycles. The molecular weight excluding hydrogens is 769 g/mol. The molecular formula is C59H38N2S. The van der Waals surface area contributed by atoms with Gasteiger partial charge in [-0.2, -0.15) is 0 Å². The quantitative estimate of drug-likeness (QED) is 0.160. The number of hydrogen-bond acceptors (Lipinski definition) is 3. The van der Waals surface area contributed by atoms with Crippen molar-refractivity contribution in [1.29, 1.82) is 0 Å². The summed E-state index contributed by atoms with van der Waals surface area (Å²) in [7, 11) is 0. The molecule has 1 aliphatic rings. The van der Waals surface area contributed by atoms with Gasteiger partial charge < -0.3 is 0 Å². The summed E-state index contributed by atoms with van der Waals surface area (Å²) in [5, 5.41) is 2.58. The number of aromatic nitrogens is 2. The van der Waals surface area contributed by atoms with Crippen molar-refractivity contribution in [3.05, 3.63) is 253 Å². The Balaban J connectivity index is 1.11. The lowest BCUT2D eigenvalue weighted by Gasteiger charge is -2.34. The fraction of sp³-hybridized carbons (Fsp3) is 0.0169. The number of benzene rings is 9. The van der Waals surface area contributed by atoms with Gasteiger partial charge in [-0.25, -0.2) is 9.97 Å². The van der Waals surface area contributed by atoms with E-state index < -0.39 is 5.41 Å². The average Bonchev–Trinajstić information content (AvgIpc) is 3.89. The average molecular weight is 807 g/mol. The first-order chi connectivity index (χ1) is 30.7. The molecule has 0 amide bonds. The van der Waals surface area contributed by atoms with Crippen LogP contribution in [-0.2, 0) is 5.41 Å². The van der Waals surface area contributed by atoms with Gasteiger partial charge in [-0.15, -0.1) is 11.3 Å². The molecule has 12 rings (SSSR count). The summed E-state index contributed by atoms with van der Waals surface area (Å²) < 4.78 is 2.59. The third-order valence-corrected chi connectivity index (χ3v) is 13.8. The van der Waals surface area contributed by atoms with Gasteiger partial charge in [-0.3, -0.25) is 0 Å². The number of hydrogen-bond donors (Lipinski definition) is 0. The Labute approximate surface area is 365 Å². The molecule has 0 fully saturated rings. The fourth-order valence-electron chi connectivity index (χ4n) is 9.82. The lowest BCUT2D eigenvalue weighted by atomic mass is 9.67. The number of rotatable bonds is 7. The first kappa shape index (κ1) is 36.2. The highest BCUT2D eigenvalue weighted by Crippen LogP contribution is 2.56. The molecule has 11 aromatic rings. The van der Waals surface area contributed by atoms with Crippen LogP contribution in [0.4, 0.5) is 0 Å². The van der Waals surface area contributed by atoms with Crippen molar-refractivity contribution >= 4 is 31.5 Å². The van der Waals surface area contributed by atoms with Crippen LogP contribution in [-0.4, -0.2) is 9.97 Å². The zero-order valence-electron chi connectivity index (χ0n) is 33.7. The summed E-state index contributed by atoms with van der Waals surface area (Å²) in [6.07, 6.45) is 0. The molecule has 9 aromatic carbocycles. The third-order valence-electron chi connectivity index (χ3n) is 12.6. The minimum Gasteiger partial charge on any atom is -0.228 e. The Morgan fingerprint density at radius 3 is 1.65 bits per heavy atom. The van der Waals surface area contributed by atoms with Crippen molar-refractivity contribution in [3.8, 4) is 67.3 Å². The molecule has 0 aliphatic heterocycles. The van der Waals surface area contributed by atoms with E-state index in [1.54, 1.807) is 0 Å². The summed E-state index contributed by atoms with van der Waals surface area (Å²) in [5.41, 5.74) is 16.4. The van der Waals surface area contributed by atoms with Crippen LogP contribution in [0.2, 0.25) is 0 Å². The van der Waals surface area contributed by atoms with E-state index in [2.05, 4.69) is 224 Å². The fourth-order valence-corrected chi connectivity index (χ4v) is 11.1. The predicted octanol–water partition coefficient (Wildman–Crippen LogP) is 15.5. The summed E-state index contributed by atoms with van der Waals surface area (Å²) in [6.45, 7) is 0. The summed E-state index contributed by atoms with van der Waals surface area (Å²) in [6, 6.07) is 83.4. The van der Waals surface area contributed by atoms with E-state index in [4.69, 9.17) is 9.97 Å². The van der Waals surface area contributed by atoms with Crippen molar-refractivity contribution in [2.45, 2.75) is 5.41 Å². The van der Waals surface area contributed by atoms with Gasteiger partial charge in [0.15, 0.2) is 5.82 Å². The number of fused-ring (bicyclic) bond motifs is 6. The monoisotopic (exact) mass is 806 g/mol. The second-order valence-corrected chi connectivity index (χ2v) is 17.1. The number of nitrogens with zero attached hydrogens (tertiary/aromatic N) is 2. The van der Waals surface area contributed by atoms with E-state index in [0.29, 0.717) is 5.82 Å². The second-order valence-electron chi connectivity index (χ2n) is 16.0. The molecule has 3 heteroatoms. The lowest BCUT2D eigenvalue weighted by Crippen LogP contribution is -2.28. The molecule has 0 bridgehead atoms. The molecule has 62 heavy (non-hydrogen) atoms. The van der Waals surface area contributed by atoms with Crippen LogP contribution in [0.25, 0.3) is 87.5 Å². The SMILES string of the molecule is c1ccc(-c2nc(-c3ccc4c(c3)C(c3ccccc3)(c3ccccc3)c3ccccc3-4)cc(-c3cc(-c4cccc5c4sc4ccccc45)ccc3-c3ccccc3)n2)cc1. The van der Waals surface area contributed by atoms with E-state index in [-0.39, 0.29) is 0 Å². The summed E-state index contributed by atoms with van der Waals surface area (Å²) >= 11 is 1.86. The molecule has 2 heterocycles. The van der Waals surface area contributed by atoms with Gasteiger partial charge in [-0.05, 0) is 79.9 Å². The Bertz CT molecular complexity index is 3410. The largest absolute Gasteiger partial charge is 0.228 e. The smallest absolute Gasteiger partial charge is 0.160 e. The molecule has 0 saturated heterocycles. The van der Waals surface area contributed by atoms with Gasteiger partial charge >= 0.3 is 0 Å². The van der Waals surface area contributed by atoms with Gasteiger partial charge in [0.05, 0.1) is 16.8 Å². The van der Waals surface area contributed by atoms with Gasteiger partial charge in [0.25, 0.3) is 0 Å². The van der Waals surface area contributed by atoms with E-state index >= 15 is 0 Å². The zero-order valence-corrected chi connectivity index (χ0v) is 34.6. The highest BCUT2D eigenvalue weighted by atomic mass is 32.1. The van der Waals surface area contributed by atoms with E-state index in [1.165, 1.54) is 59.1 Å². The molecule has 2 nitrogen and oxygen atoms in total. The summed E-state index contributed by atoms with van der Waals surface area (Å²) in [5.74, 6) is 0.690. The molecule has 0 radical (unpaired) electrons. The maximum absolute atomic E-state index is 5.44. The third kappa shape index (κ3) is 5.78. The Morgan fingerprint density at radius 2 is 0.887 bits per heavy atom. The Morgan fingerprint density at radius 1 is 0.323 bits per heavy atom. The standard InChI is InChI=1S/C59H38N2S/c1-5-18-39(19-6-1)45-34-32-41(46-28-17-29-50-49-27-14-16-31-56(49)62-57(46)50)36-51(45)55-38-54(60-58(61-55)40-20-7-2-8-21-40)42-33-35-48-47-26-13-15-30-52(47)59(53(48)37-42,43-22-9-3-10-23-43)44-24-11-4-12-25-44/h1-38H. The molecule has 0 spiro atoms. The van der Waals surface area contributed by atoms with Crippen LogP contribution in [0.1, 0.15) is 22.3 Å². The van der Waals surface area contributed by atoms with Crippen molar-refractivity contribution in [3.63, 3.8) is 0 Å². The molecule has 0 unspecified atom stereocenters. The van der Waals surface area contributed by atoms with Gasteiger partial charge in [0, 0.05) is 36.9 Å². The normalized spacial score (nSPS) is 12.6. The highest BCUT2D eigenvalue weighted by molar-refractivity contribution is 7.26. The van der Waals surface area contributed by atoms with Crippen LogP contribution in [0.3, 0.4) is 0 Å². The van der Waals surface area contributed by atoms with Crippen molar-refractivity contribution in [2.75, 3.05) is 0 Å². The maximum atomic E-state index is 5.44. The van der Waals surface area contributed by atoms with E-state index in [1.807, 2.05) is 17.4 Å². The molecule has 2 aromatic heterocycles. The van der Waals surface area contributed by atoms with Crippen LogP contribution in [0.15, 0.2) is 231 Å². The van der Waals surface area contributed by atoms with Crippen LogP contribution in [0.5, 0.6) is 0 Å². The van der Waals surface area contributed by atoms with E-state index in [9.17, 15) is 0 Å². The van der Waals surface area contributed by atoms with Crippen LogP contribution in [0, 0.1) is 0 Å².